The largest absolute Gasteiger partial charge is 0.320 e. The fourth-order valence-corrected chi connectivity index (χ4v) is 1.40. The number of nitrogens with one attached hydrogen (secondary N) is 1. The summed E-state index contributed by atoms with van der Waals surface area (Å²) < 4.78 is 23.8. The summed E-state index contributed by atoms with van der Waals surface area (Å²) in [6.45, 7) is 0. The second-order valence-electron chi connectivity index (χ2n) is 2.54. The first-order chi connectivity index (χ1) is 6.91. The predicted molar refractivity (Wildman–Crippen MR) is 56.1 cm³/mol. The van der Waals surface area contributed by atoms with Gasteiger partial charge in [-0.15, -0.1) is 0 Å². The second-order valence-corrected chi connectivity index (χ2v) is 3.76. The summed E-state index contributed by atoms with van der Waals surface area (Å²) in [5.41, 5.74) is -0.00336. The van der Waals surface area contributed by atoms with E-state index in [-0.39, 0.29) is 20.8 Å². The molecule has 1 aromatic carbocycles. The van der Waals surface area contributed by atoms with Crippen molar-refractivity contribution in [3.05, 3.63) is 27.2 Å². The van der Waals surface area contributed by atoms with E-state index in [0.29, 0.717) is 0 Å². The number of rotatable bonds is 2. The molecule has 0 unspecified atom stereocenters. The third-order valence-electron chi connectivity index (χ3n) is 1.47. The van der Waals surface area contributed by atoms with Crippen LogP contribution in [0.15, 0.2) is 12.1 Å². The van der Waals surface area contributed by atoms with Gasteiger partial charge in [-0.05, 0) is 12.1 Å². The number of benzene rings is 1. The normalized spacial score (nSPS) is 10.5. The molecule has 1 aromatic rings. The van der Waals surface area contributed by atoms with E-state index in [1.54, 1.807) is 0 Å². The van der Waals surface area contributed by atoms with Crippen molar-refractivity contribution in [2.24, 2.45) is 0 Å². The van der Waals surface area contributed by atoms with Gasteiger partial charge in [-0.1, -0.05) is 34.8 Å². The van der Waals surface area contributed by atoms with Crippen LogP contribution in [0, 0.1) is 0 Å². The number of halogens is 5. The zero-order valence-corrected chi connectivity index (χ0v) is 9.30. The SMILES string of the molecule is O=C(Nc1cc(Cl)c(Cl)cc1Cl)C(F)F. The molecule has 1 rings (SSSR count). The molecule has 0 saturated carbocycles. The van der Waals surface area contributed by atoms with Crippen molar-refractivity contribution < 1.29 is 13.6 Å². The first-order valence-corrected chi connectivity index (χ1v) is 4.78. The standard InChI is InChI=1S/C8H4Cl3F2NO/c9-3-1-5(11)6(2-4(3)10)14-8(15)7(12)13/h1-2,7H,(H,14,15). The highest BCUT2D eigenvalue weighted by atomic mass is 35.5. The molecule has 0 saturated heterocycles. The van der Waals surface area contributed by atoms with Crippen LogP contribution in [0.5, 0.6) is 0 Å². The number of hydrogen-bond acceptors (Lipinski definition) is 1. The lowest BCUT2D eigenvalue weighted by Gasteiger charge is -2.07. The van der Waals surface area contributed by atoms with Gasteiger partial charge in [0.2, 0.25) is 0 Å². The molecule has 15 heavy (non-hydrogen) atoms. The van der Waals surface area contributed by atoms with Gasteiger partial charge in [0.05, 0.1) is 20.8 Å². The highest BCUT2D eigenvalue weighted by Gasteiger charge is 2.17. The lowest BCUT2D eigenvalue weighted by molar-refractivity contribution is -0.126. The molecule has 2 nitrogen and oxygen atoms in total. The number of alkyl halides is 2. The summed E-state index contributed by atoms with van der Waals surface area (Å²) in [6.07, 6.45) is -3.12. The Labute approximate surface area is 99.1 Å². The first-order valence-electron chi connectivity index (χ1n) is 3.65. The van der Waals surface area contributed by atoms with E-state index in [1.807, 2.05) is 5.32 Å². The number of carbonyl (C=O) groups excluding carboxylic acids is 1. The highest BCUT2D eigenvalue weighted by molar-refractivity contribution is 6.44. The Balaban J connectivity index is 2.96. The number of amides is 1. The molecule has 0 aliphatic carbocycles. The van der Waals surface area contributed by atoms with Crippen molar-refractivity contribution in [1.82, 2.24) is 0 Å². The van der Waals surface area contributed by atoms with E-state index >= 15 is 0 Å². The Morgan fingerprint density at radius 3 is 2.20 bits per heavy atom. The van der Waals surface area contributed by atoms with Gasteiger partial charge in [-0.2, -0.15) is 8.78 Å². The van der Waals surface area contributed by atoms with Crippen molar-refractivity contribution in [3.8, 4) is 0 Å². The van der Waals surface area contributed by atoms with Crippen LogP contribution in [0.25, 0.3) is 0 Å². The van der Waals surface area contributed by atoms with Gasteiger partial charge in [0.25, 0.3) is 5.91 Å². The summed E-state index contributed by atoms with van der Waals surface area (Å²) in [7, 11) is 0. The summed E-state index contributed by atoms with van der Waals surface area (Å²) in [5, 5.41) is 2.25. The zero-order valence-electron chi connectivity index (χ0n) is 7.03. The summed E-state index contributed by atoms with van der Waals surface area (Å²) in [5.74, 6) is -1.45. The van der Waals surface area contributed by atoms with Gasteiger partial charge in [0, 0.05) is 0 Å². The Bertz CT molecular complexity index is 398. The molecule has 0 aromatic heterocycles. The van der Waals surface area contributed by atoms with Crippen molar-refractivity contribution in [2.75, 3.05) is 5.32 Å². The van der Waals surface area contributed by atoms with Crippen LogP contribution in [-0.2, 0) is 4.79 Å². The van der Waals surface area contributed by atoms with E-state index in [4.69, 9.17) is 34.8 Å². The minimum Gasteiger partial charge on any atom is -0.320 e. The molecule has 0 spiro atoms. The van der Waals surface area contributed by atoms with Crippen LogP contribution < -0.4 is 5.32 Å². The monoisotopic (exact) mass is 273 g/mol. The number of hydrogen-bond donors (Lipinski definition) is 1. The van der Waals surface area contributed by atoms with Gasteiger partial charge in [0.15, 0.2) is 0 Å². The summed E-state index contributed by atoms with van der Waals surface area (Å²) in [6, 6.07) is 2.46. The minimum atomic E-state index is -3.12. The Morgan fingerprint density at radius 2 is 1.67 bits per heavy atom. The molecule has 1 amide bonds. The third-order valence-corrected chi connectivity index (χ3v) is 2.50. The molecule has 0 aliphatic heterocycles. The molecule has 7 heteroatoms. The summed E-state index contributed by atoms with van der Waals surface area (Å²) >= 11 is 16.9. The third kappa shape index (κ3) is 3.19. The number of carbonyl (C=O) groups is 1. The van der Waals surface area contributed by atoms with E-state index < -0.39 is 12.3 Å². The van der Waals surface area contributed by atoms with Gasteiger partial charge >= 0.3 is 6.43 Å². The highest BCUT2D eigenvalue weighted by Crippen LogP contribution is 2.32. The van der Waals surface area contributed by atoms with Gasteiger partial charge in [-0.25, -0.2) is 0 Å². The zero-order chi connectivity index (χ0) is 11.6. The van der Waals surface area contributed by atoms with Gasteiger partial charge in [-0.3, -0.25) is 4.79 Å². The Morgan fingerprint density at radius 1 is 1.13 bits per heavy atom. The molecular weight excluding hydrogens is 270 g/mol. The fraction of sp³-hybridized carbons (Fsp3) is 0.125. The van der Waals surface area contributed by atoms with Crippen LogP contribution in [0.1, 0.15) is 0 Å². The smallest absolute Gasteiger partial charge is 0.315 e. The van der Waals surface area contributed by atoms with Crippen molar-refractivity contribution in [3.63, 3.8) is 0 Å². The van der Waals surface area contributed by atoms with Crippen LogP contribution in [-0.4, -0.2) is 12.3 Å². The molecule has 82 valence electrons. The lowest BCUT2D eigenvalue weighted by Crippen LogP contribution is -2.20. The Hall–Kier alpha value is -0.580. The molecule has 0 fully saturated rings. The maximum atomic E-state index is 11.9. The van der Waals surface area contributed by atoms with E-state index in [9.17, 15) is 13.6 Å². The molecule has 0 heterocycles. The average Bonchev–Trinajstić information content (AvgIpc) is 2.13. The maximum absolute atomic E-state index is 11.9. The van der Waals surface area contributed by atoms with Crippen molar-refractivity contribution in [1.29, 1.82) is 0 Å². The predicted octanol–water partition coefficient (Wildman–Crippen LogP) is 3.85. The molecule has 0 aliphatic rings. The van der Waals surface area contributed by atoms with Crippen molar-refractivity contribution in [2.45, 2.75) is 6.43 Å². The maximum Gasteiger partial charge on any atom is 0.315 e. The topological polar surface area (TPSA) is 29.1 Å². The molecular formula is C8H4Cl3F2NO. The summed E-state index contributed by atoms with van der Waals surface area (Å²) in [4.78, 5) is 10.7. The van der Waals surface area contributed by atoms with Gasteiger partial charge < -0.3 is 5.32 Å². The van der Waals surface area contributed by atoms with E-state index in [0.717, 1.165) is 0 Å². The molecule has 1 N–H and O–H groups in total. The van der Waals surface area contributed by atoms with E-state index in [2.05, 4.69) is 0 Å². The first kappa shape index (κ1) is 12.5. The minimum absolute atomic E-state index is 0.00336. The lowest BCUT2D eigenvalue weighted by atomic mass is 10.3. The van der Waals surface area contributed by atoms with Crippen LogP contribution in [0.2, 0.25) is 15.1 Å². The van der Waals surface area contributed by atoms with E-state index in [1.165, 1.54) is 12.1 Å². The average molecular weight is 274 g/mol. The van der Waals surface area contributed by atoms with Crippen LogP contribution in [0.3, 0.4) is 0 Å². The number of anilines is 1. The fourth-order valence-electron chi connectivity index (χ4n) is 0.806. The van der Waals surface area contributed by atoms with Crippen LogP contribution in [0.4, 0.5) is 14.5 Å². The van der Waals surface area contributed by atoms with Crippen molar-refractivity contribution >= 4 is 46.4 Å². The van der Waals surface area contributed by atoms with Gasteiger partial charge in [0.1, 0.15) is 0 Å². The quantitative estimate of drug-likeness (QED) is 0.815. The van der Waals surface area contributed by atoms with Crippen LogP contribution >= 0.6 is 34.8 Å². The molecule has 0 bridgehead atoms. The Kier molecular flexibility index (Phi) is 4.13. The molecule has 0 atom stereocenters. The molecule has 0 radical (unpaired) electrons. The second kappa shape index (κ2) is 4.96.